The number of carbonyl (C=O) groups excluding carboxylic acids is 2. The van der Waals surface area contributed by atoms with Crippen molar-refractivity contribution in [1.82, 2.24) is 20.0 Å². The number of benzene rings is 2. The summed E-state index contributed by atoms with van der Waals surface area (Å²) < 4.78 is 7.19. The molecule has 0 bridgehead atoms. The molecule has 0 aliphatic rings. The standard InChI is InChI=1S/C26H32N4O3/c1-17(2)24(27-25(31)21-14-10-11-15-23(21)33-6)26(32)29(5)16-22-18(3)28-30(19(22)4)20-12-8-7-9-13-20/h7-15,17,24H,16H2,1-6H3,(H,27,31)/t24-/m1/s1. The number of methoxy groups -OCH3 is 1. The largest absolute Gasteiger partial charge is 0.496 e. The third-order valence-electron chi connectivity index (χ3n) is 5.78. The van der Waals surface area contributed by atoms with E-state index in [9.17, 15) is 9.59 Å². The number of likely N-dealkylation sites (N-methyl/N-ethyl adjacent to an activating group) is 1. The van der Waals surface area contributed by atoms with Crippen molar-refractivity contribution < 1.29 is 14.3 Å². The van der Waals surface area contributed by atoms with Crippen LogP contribution in [-0.2, 0) is 11.3 Å². The van der Waals surface area contributed by atoms with Crippen LogP contribution in [0.4, 0.5) is 0 Å². The fourth-order valence-electron chi connectivity index (χ4n) is 3.84. The van der Waals surface area contributed by atoms with Crippen LogP contribution in [0.1, 0.15) is 41.2 Å². The lowest BCUT2D eigenvalue weighted by Gasteiger charge is -2.27. The molecule has 2 aromatic carbocycles. The summed E-state index contributed by atoms with van der Waals surface area (Å²) in [5.74, 6) is -0.109. The van der Waals surface area contributed by atoms with E-state index in [0.717, 1.165) is 22.6 Å². The number of aromatic nitrogens is 2. The van der Waals surface area contributed by atoms with Gasteiger partial charge in [0.25, 0.3) is 5.91 Å². The van der Waals surface area contributed by atoms with Crippen molar-refractivity contribution in [1.29, 1.82) is 0 Å². The van der Waals surface area contributed by atoms with E-state index in [1.54, 1.807) is 36.2 Å². The number of nitrogens with one attached hydrogen (secondary N) is 1. The molecule has 2 amide bonds. The van der Waals surface area contributed by atoms with Gasteiger partial charge in [-0.2, -0.15) is 5.10 Å². The Morgan fingerprint density at radius 1 is 1.06 bits per heavy atom. The first-order valence-corrected chi connectivity index (χ1v) is 11.0. The van der Waals surface area contributed by atoms with Gasteiger partial charge in [0.2, 0.25) is 5.91 Å². The van der Waals surface area contributed by atoms with Crippen LogP contribution in [0.15, 0.2) is 54.6 Å². The molecule has 1 N–H and O–H groups in total. The minimum atomic E-state index is -0.669. The van der Waals surface area contributed by atoms with Crippen LogP contribution in [0.3, 0.4) is 0 Å². The smallest absolute Gasteiger partial charge is 0.255 e. The van der Waals surface area contributed by atoms with Gasteiger partial charge in [0.1, 0.15) is 11.8 Å². The number of hydrogen-bond acceptors (Lipinski definition) is 4. The first kappa shape index (κ1) is 24.0. The third-order valence-corrected chi connectivity index (χ3v) is 5.78. The summed E-state index contributed by atoms with van der Waals surface area (Å²) in [5.41, 5.74) is 4.22. The molecule has 33 heavy (non-hydrogen) atoms. The third kappa shape index (κ3) is 5.25. The molecule has 1 heterocycles. The second-order valence-electron chi connectivity index (χ2n) is 8.49. The summed E-state index contributed by atoms with van der Waals surface area (Å²) in [6.45, 7) is 8.19. The topological polar surface area (TPSA) is 76.5 Å². The molecule has 0 aliphatic carbocycles. The number of amides is 2. The lowest BCUT2D eigenvalue weighted by atomic mass is 10.0. The highest BCUT2D eigenvalue weighted by Crippen LogP contribution is 2.21. The van der Waals surface area contributed by atoms with Crippen molar-refractivity contribution >= 4 is 11.8 Å². The van der Waals surface area contributed by atoms with E-state index >= 15 is 0 Å². The van der Waals surface area contributed by atoms with Gasteiger partial charge >= 0.3 is 0 Å². The van der Waals surface area contributed by atoms with Gasteiger partial charge in [-0.05, 0) is 44.0 Å². The molecule has 0 fully saturated rings. The van der Waals surface area contributed by atoms with Crippen molar-refractivity contribution in [2.75, 3.05) is 14.2 Å². The molecule has 1 aromatic heterocycles. The van der Waals surface area contributed by atoms with Crippen molar-refractivity contribution in [3.8, 4) is 11.4 Å². The first-order valence-electron chi connectivity index (χ1n) is 11.0. The van der Waals surface area contributed by atoms with Crippen LogP contribution in [0.5, 0.6) is 5.75 Å². The molecule has 174 valence electrons. The van der Waals surface area contributed by atoms with Crippen molar-refractivity contribution in [2.24, 2.45) is 5.92 Å². The second kappa shape index (κ2) is 10.3. The number of rotatable bonds is 8. The van der Waals surface area contributed by atoms with Crippen molar-refractivity contribution in [3.63, 3.8) is 0 Å². The molecule has 0 aliphatic heterocycles. The maximum atomic E-state index is 13.4. The molecule has 3 aromatic rings. The maximum Gasteiger partial charge on any atom is 0.255 e. The number of hydrogen-bond donors (Lipinski definition) is 1. The van der Waals surface area contributed by atoms with E-state index in [1.807, 2.05) is 62.7 Å². The Hall–Kier alpha value is -3.61. The van der Waals surface area contributed by atoms with Crippen LogP contribution in [0, 0.1) is 19.8 Å². The Morgan fingerprint density at radius 2 is 1.70 bits per heavy atom. The first-order chi connectivity index (χ1) is 15.7. The summed E-state index contributed by atoms with van der Waals surface area (Å²) in [6, 6.07) is 16.2. The SMILES string of the molecule is COc1ccccc1C(=O)N[C@@H](C(=O)N(C)Cc1c(C)nn(-c2ccccc2)c1C)C(C)C. The minimum Gasteiger partial charge on any atom is -0.496 e. The number of ether oxygens (including phenoxy) is 1. The van der Waals surface area contributed by atoms with Crippen LogP contribution in [0.2, 0.25) is 0 Å². The highest BCUT2D eigenvalue weighted by molar-refractivity contribution is 5.99. The zero-order valence-corrected chi connectivity index (χ0v) is 20.1. The zero-order chi connectivity index (χ0) is 24.1. The van der Waals surface area contributed by atoms with Gasteiger partial charge in [-0.15, -0.1) is 0 Å². The normalized spacial score (nSPS) is 11.8. The van der Waals surface area contributed by atoms with Gasteiger partial charge in [0, 0.05) is 24.8 Å². The molecular formula is C26H32N4O3. The molecule has 0 spiro atoms. The molecular weight excluding hydrogens is 416 g/mol. The molecule has 0 unspecified atom stereocenters. The Kier molecular flexibility index (Phi) is 7.53. The Bertz CT molecular complexity index is 1120. The van der Waals surface area contributed by atoms with E-state index in [-0.39, 0.29) is 17.7 Å². The molecule has 1 atom stereocenters. The predicted octanol–water partition coefficient (Wildman–Crippen LogP) is 3.91. The molecule has 0 saturated carbocycles. The highest BCUT2D eigenvalue weighted by Gasteiger charge is 2.29. The van der Waals surface area contributed by atoms with E-state index in [4.69, 9.17) is 4.74 Å². The molecule has 7 heteroatoms. The quantitative estimate of drug-likeness (QED) is 0.567. The summed E-state index contributed by atoms with van der Waals surface area (Å²) in [5, 5.41) is 7.58. The fourth-order valence-corrected chi connectivity index (χ4v) is 3.84. The summed E-state index contributed by atoms with van der Waals surface area (Å²) in [6.07, 6.45) is 0. The zero-order valence-electron chi connectivity index (χ0n) is 20.1. The minimum absolute atomic E-state index is 0.0900. The lowest BCUT2D eigenvalue weighted by molar-refractivity contribution is -0.133. The van der Waals surface area contributed by atoms with Gasteiger partial charge in [-0.1, -0.05) is 44.2 Å². The van der Waals surface area contributed by atoms with E-state index in [2.05, 4.69) is 10.4 Å². The Balaban J connectivity index is 1.79. The van der Waals surface area contributed by atoms with Gasteiger partial charge in [0.05, 0.1) is 24.1 Å². The fraction of sp³-hybridized carbons (Fsp3) is 0.346. The van der Waals surface area contributed by atoms with Crippen LogP contribution < -0.4 is 10.1 Å². The average molecular weight is 449 g/mol. The van der Waals surface area contributed by atoms with Crippen LogP contribution >= 0.6 is 0 Å². The Labute approximate surface area is 195 Å². The number of aryl methyl sites for hydroxylation is 1. The number of para-hydroxylation sites is 2. The van der Waals surface area contributed by atoms with Crippen molar-refractivity contribution in [2.45, 2.75) is 40.3 Å². The van der Waals surface area contributed by atoms with Crippen molar-refractivity contribution in [3.05, 3.63) is 77.1 Å². The van der Waals surface area contributed by atoms with E-state index in [1.165, 1.54) is 7.11 Å². The van der Waals surface area contributed by atoms with Gasteiger partial charge < -0.3 is 15.0 Å². The van der Waals surface area contributed by atoms with Gasteiger partial charge in [0.15, 0.2) is 0 Å². The van der Waals surface area contributed by atoms with Crippen LogP contribution in [0.25, 0.3) is 5.69 Å². The number of nitrogens with zero attached hydrogens (tertiary/aromatic N) is 3. The monoisotopic (exact) mass is 448 g/mol. The van der Waals surface area contributed by atoms with Crippen LogP contribution in [-0.4, -0.2) is 46.7 Å². The molecule has 0 radical (unpaired) electrons. The Morgan fingerprint density at radius 3 is 2.33 bits per heavy atom. The van der Waals surface area contributed by atoms with Gasteiger partial charge in [-0.3, -0.25) is 9.59 Å². The molecule has 0 saturated heterocycles. The summed E-state index contributed by atoms with van der Waals surface area (Å²) in [7, 11) is 3.27. The lowest BCUT2D eigenvalue weighted by Crippen LogP contribution is -2.50. The summed E-state index contributed by atoms with van der Waals surface area (Å²) >= 11 is 0. The second-order valence-corrected chi connectivity index (χ2v) is 8.49. The van der Waals surface area contributed by atoms with Gasteiger partial charge in [-0.25, -0.2) is 4.68 Å². The summed E-state index contributed by atoms with van der Waals surface area (Å²) in [4.78, 5) is 27.9. The molecule has 7 nitrogen and oxygen atoms in total. The average Bonchev–Trinajstić information content (AvgIpc) is 3.10. The number of carbonyl (C=O) groups is 2. The predicted molar refractivity (Wildman–Crippen MR) is 129 cm³/mol. The van der Waals surface area contributed by atoms with E-state index < -0.39 is 6.04 Å². The maximum absolute atomic E-state index is 13.4. The van der Waals surface area contributed by atoms with E-state index in [0.29, 0.717) is 17.9 Å². The highest BCUT2D eigenvalue weighted by atomic mass is 16.5. The molecule has 3 rings (SSSR count).